The first-order chi connectivity index (χ1) is 19.6. The maximum atomic E-state index is 15.0. The fraction of sp³-hybridized carbons (Fsp3) is 0.286. The first kappa shape index (κ1) is 22.2. The van der Waals surface area contributed by atoms with Gasteiger partial charge in [-0.15, -0.1) is 0 Å². The number of carbonyl (C=O) groups is 1. The van der Waals surface area contributed by atoms with E-state index in [1.807, 2.05) is 0 Å². The lowest BCUT2D eigenvalue weighted by atomic mass is 9.97. The third kappa shape index (κ3) is 4.22. The lowest BCUT2D eigenvalue weighted by molar-refractivity contribution is -0.0507. The molecule has 2 aliphatic rings. The van der Waals surface area contributed by atoms with Gasteiger partial charge < -0.3 is 18.8 Å². The van der Waals surface area contributed by atoms with Crippen LogP contribution in [0.15, 0.2) is 48.5 Å². The summed E-state index contributed by atoms with van der Waals surface area (Å²) in [6.07, 6.45) is -0.195. The summed E-state index contributed by atoms with van der Waals surface area (Å²) in [5.74, 6) is -2.56. The number of alkyl halides is 2. The first-order valence-electron chi connectivity index (χ1n) is 13.6. The summed E-state index contributed by atoms with van der Waals surface area (Å²) in [7, 11) is -2.75. The molecule has 0 spiro atoms. The minimum atomic E-state index is -3.20. The van der Waals surface area contributed by atoms with Crippen molar-refractivity contribution in [1.82, 2.24) is 14.5 Å². The highest BCUT2D eigenvalue weighted by molar-refractivity contribution is 7.61. The highest BCUT2D eigenvalue weighted by Crippen LogP contribution is 2.50. The van der Waals surface area contributed by atoms with Gasteiger partial charge in [0.15, 0.2) is 0 Å². The Balaban J connectivity index is 1.55. The molecule has 2 atom stereocenters. The molecule has 2 bridgehead atoms. The molecule has 39 heavy (non-hydrogen) atoms. The van der Waals surface area contributed by atoms with Crippen molar-refractivity contribution < 1.29 is 35.8 Å². The molecule has 4 aromatic rings. The number of hydrogen-bond acceptors (Lipinski definition) is 4. The van der Waals surface area contributed by atoms with E-state index >= 15 is 0 Å². The van der Waals surface area contributed by atoms with E-state index < -0.39 is 50.4 Å². The second-order valence-electron chi connectivity index (χ2n) is 10.2. The van der Waals surface area contributed by atoms with Crippen LogP contribution in [0.1, 0.15) is 49.9 Å². The van der Waals surface area contributed by atoms with Gasteiger partial charge >= 0.3 is 6.61 Å². The molecule has 0 saturated carbocycles. The van der Waals surface area contributed by atoms with Crippen molar-refractivity contribution >= 4 is 24.1 Å². The van der Waals surface area contributed by atoms with Crippen LogP contribution in [0.3, 0.4) is 0 Å². The molecule has 6 rings (SSSR count). The summed E-state index contributed by atoms with van der Waals surface area (Å²) >= 11 is 0. The Morgan fingerprint density at radius 3 is 2.51 bits per heavy atom. The highest BCUT2D eigenvalue weighted by Gasteiger charge is 2.45. The molecule has 0 fully saturated rings. The number of hydrogen-bond donors (Lipinski definition) is 0. The number of amides is 1. The maximum Gasteiger partial charge on any atom is 0.387 e. The lowest BCUT2D eigenvalue weighted by Gasteiger charge is -2.24. The van der Waals surface area contributed by atoms with Crippen LogP contribution in [0.4, 0.5) is 17.6 Å². The first-order valence-corrected chi connectivity index (χ1v) is 14.9. The van der Waals surface area contributed by atoms with Crippen LogP contribution in [0, 0.1) is 11.6 Å². The van der Waals surface area contributed by atoms with E-state index in [1.165, 1.54) is 31.5 Å². The third-order valence-electron chi connectivity index (χ3n) is 7.16. The monoisotopic (exact) mass is 560 g/mol. The Labute approximate surface area is 225 Å². The van der Waals surface area contributed by atoms with E-state index in [-0.39, 0.29) is 46.4 Å². The van der Waals surface area contributed by atoms with E-state index in [1.54, 1.807) is 22.8 Å². The summed E-state index contributed by atoms with van der Waals surface area (Å²) in [5.41, 5.74) is 1.23. The number of benzene rings is 3. The SMILES string of the molecule is [2H]C([2H])([2H])N1C(=O)c2cccc(OC(F)F)c2[C@H]2C[C@@H]1c1nc3ccc(-c4cc(F)c(CP(C)(C)=O)c(F)c4)cc3n12. The van der Waals surface area contributed by atoms with Gasteiger partial charge in [-0.1, -0.05) is 12.1 Å². The standard InChI is InChI=1S/C28H24F4N3O3P/c1-34-23-12-22(25-16(27(34)36)5-4-6-24(25)38-28(31)32)35-21-11-14(7-8-20(21)33-26(23)35)15-9-18(29)17(19(30)10-15)13-39(2,3)37/h4-11,22-23,28H,12-13H2,1-3H3/t22-,23-/m1/s1/i1D3. The minimum absolute atomic E-state index is 0.0370. The summed E-state index contributed by atoms with van der Waals surface area (Å²) in [6, 6.07) is 9.32. The fourth-order valence-corrected chi connectivity index (χ4v) is 6.65. The highest BCUT2D eigenvalue weighted by atomic mass is 31.2. The van der Waals surface area contributed by atoms with Gasteiger partial charge in [-0.25, -0.2) is 13.8 Å². The summed E-state index contributed by atoms with van der Waals surface area (Å²) in [4.78, 5) is 18.9. The van der Waals surface area contributed by atoms with E-state index in [2.05, 4.69) is 4.98 Å². The van der Waals surface area contributed by atoms with Crippen LogP contribution in [0.2, 0.25) is 0 Å². The Morgan fingerprint density at radius 2 is 1.85 bits per heavy atom. The normalized spacial score (nSPS) is 19.9. The van der Waals surface area contributed by atoms with Crippen LogP contribution < -0.4 is 4.74 Å². The average Bonchev–Trinajstić information content (AvgIpc) is 3.37. The zero-order valence-corrected chi connectivity index (χ0v) is 21.7. The van der Waals surface area contributed by atoms with Gasteiger partial charge in [-0.3, -0.25) is 4.79 Å². The van der Waals surface area contributed by atoms with Gasteiger partial charge in [0.1, 0.15) is 23.2 Å². The van der Waals surface area contributed by atoms with Crippen LogP contribution in [-0.2, 0) is 10.7 Å². The predicted octanol–water partition coefficient (Wildman–Crippen LogP) is 6.83. The van der Waals surface area contributed by atoms with E-state index in [0.29, 0.717) is 16.6 Å². The minimum Gasteiger partial charge on any atom is -0.434 e. The Morgan fingerprint density at radius 1 is 1.10 bits per heavy atom. The number of rotatable bonds is 5. The van der Waals surface area contributed by atoms with Crippen molar-refractivity contribution in [3.05, 3.63) is 82.7 Å². The zero-order valence-electron chi connectivity index (χ0n) is 23.8. The molecule has 0 N–H and O–H groups in total. The molecule has 6 nitrogen and oxygen atoms in total. The third-order valence-corrected chi connectivity index (χ3v) is 8.24. The van der Waals surface area contributed by atoms with Gasteiger partial charge in [0.2, 0.25) is 0 Å². The molecule has 1 aromatic heterocycles. The summed E-state index contributed by atoms with van der Waals surface area (Å²) in [5, 5.41) is 0. The van der Waals surface area contributed by atoms with Crippen LogP contribution in [0.5, 0.6) is 5.75 Å². The molecule has 1 amide bonds. The Kier molecular flexibility index (Phi) is 5.09. The van der Waals surface area contributed by atoms with Crippen LogP contribution in [0.25, 0.3) is 22.2 Å². The number of fused-ring (bicyclic) bond motifs is 9. The fourth-order valence-electron chi connectivity index (χ4n) is 5.59. The average molecular weight is 561 g/mol. The quantitative estimate of drug-likeness (QED) is 0.198. The topological polar surface area (TPSA) is 64.4 Å². The van der Waals surface area contributed by atoms with Crippen molar-refractivity contribution in [2.45, 2.75) is 31.3 Å². The molecule has 0 saturated heterocycles. The van der Waals surface area contributed by atoms with Gasteiger partial charge in [-0.05, 0) is 60.9 Å². The number of ether oxygens (including phenoxy) is 1. The number of carbonyl (C=O) groups excluding carboxylic acids is 1. The number of imidazole rings is 1. The molecule has 0 aliphatic carbocycles. The number of halogens is 4. The lowest BCUT2D eigenvalue weighted by Crippen LogP contribution is -2.30. The number of aromatic nitrogens is 2. The van der Waals surface area contributed by atoms with Crippen molar-refractivity contribution in [2.75, 3.05) is 20.3 Å². The van der Waals surface area contributed by atoms with Gasteiger partial charge in [-0.2, -0.15) is 8.78 Å². The Bertz CT molecular complexity index is 1800. The van der Waals surface area contributed by atoms with Crippen molar-refractivity contribution in [1.29, 1.82) is 0 Å². The largest absolute Gasteiger partial charge is 0.434 e. The van der Waals surface area contributed by atoms with Crippen molar-refractivity contribution in [3.63, 3.8) is 0 Å². The molecule has 3 aromatic carbocycles. The zero-order chi connectivity index (χ0) is 30.3. The van der Waals surface area contributed by atoms with Crippen LogP contribution >= 0.6 is 7.14 Å². The van der Waals surface area contributed by atoms with Gasteiger partial charge in [0.05, 0.1) is 30.3 Å². The number of nitrogens with zero attached hydrogens (tertiary/aromatic N) is 3. The smallest absolute Gasteiger partial charge is 0.387 e. The molecule has 3 heterocycles. The van der Waals surface area contributed by atoms with E-state index in [9.17, 15) is 26.9 Å². The van der Waals surface area contributed by atoms with Crippen LogP contribution in [-0.4, -0.2) is 47.3 Å². The second-order valence-corrected chi connectivity index (χ2v) is 13.7. The molecule has 0 radical (unpaired) electrons. The van der Waals surface area contributed by atoms with Crippen molar-refractivity contribution in [3.8, 4) is 16.9 Å². The summed E-state index contributed by atoms with van der Waals surface area (Å²) in [6.45, 7) is -3.17. The maximum absolute atomic E-state index is 15.0. The van der Waals surface area contributed by atoms with E-state index in [0.717, 1.165) is 17.0 Å². The molecule has 2 aliphatic heterocycles. The molecule has 202 valence electrons. The van der Waals surface area contributed by atoms with E-state index in [4.69, 9.17) is 8.85 Å². The Hall–Kier alpha value is -3.65. The predicted molar refractivity (Wildman–Crippen MR) is 139 cm³/mol. The van der Waals surface area contributed by atoms with Gasteiger partial charge in [0, 0.05) is 40.4 Å². The van der Waals surface area contributed by atoms with Gasteiger partial charge in [0.25, 0.3) is 5.91 Å². The molecular formula is C28H24F4N3O3P. The molecule has 11 heteroatoms. The van der Waals surface area contributed by atoms with Crippen molar-refractivity contribution in [2.24, 2.45) is 0 Å². The summed E-state index contributed by atoms with van der Waals surface area (Å²) < 4.78 is 99.8. The molecule has 0 unspecified atom stereocenters. The second kappa shape index (κ2) is 8.95. The molecular weight excluding hydrogens is 533 g/mol.